The molecule has 0 bridgehead atoms. The van der Waals surface area contributed by atoms with Gasteiger partial charge in [-0.15, -0.1) is 5.10 Å². The van der Waals surface area contributed by atoms with Crippen molar-refractivity contribution < 1.29 is 4.74 Å². The zero-order chi connectivity index (χ0) is 16.1. The minimum Gasteiger partial charge on any atom is -0.497 e. The molecule has 0 saturated carbocycles. The zero-order valence-electron chi connectivity index (χ0n) is 13.2. The Balaban J connectivity index is 1.50. The minimum absolute atomic E-state index is 0.630. The van der Waals surface area contributed by atoms with Gasteiger partial charge >= 0.3 is 0 Å². The predicted molar refractivity (Wildman–Crippen MR) is 86.4 cm³/mol. The van der Waals surface area contributed by atoms with Crippen LogP contribution in [0, 0.1) is 0 Å². The molecular weight excluding hydrogens is 294 g/mol. The van der Waals surface area contributed by atoms with Crippen LogP contribution >= 0.6 is 0 Å². The van der Waals surface area contributed by atoms with Crippen molar-refractivity contribution in [1.29, 1.82) is 0 Å². The van der Waals surface area contributed by atoms with Crippen molar-refractivity contribution in [3.05, 3.63) is 42.2 Å². The van der Waals surface area contributed by atoms with E-state index in [2.05, 4.69) is 49.9 Å². The quantitative estimate of drug-likeness (QED) is 0.699. The van der Waals surface area contributed by atoms with Gasteiger partial charge in [0.2, 0.25) is 5.65 Å². The molecule has 0 aliphatic rings. The highest BCUT2D eigenvalue weighted by molar-refractivity contribution is 5.60. The first kappa shape index (κ1) is 15.2. The van der Waals surface area contributed by atoms with Crippen molar-refractivity contribution in [2.24, 2.45) is 0 Å². The number of nitrogens with one attached hydrogen (secondary N) is 1. The van der Waals surface area contributed by atoms with Gasteiger partial charge in [0.15, 0.2) is 5.82 Å². The fraction of sp³-hybridized carbons (Fsp3) is 0.333. The number of likely N-dealkylation sites (N-methyl/N-ethyl adjacent to an activating group) is 1. The normalized spacial score (nSPS) is 11.1. The summed E-state index contributed by atoms with van der Waals surface area (Å²) in [7, 11) is 3.75. The van der Waals surface area contributed by atoms with Crippen LogP contribution in [-0.2, 0) is 6.54 Å². The molecule has 8 nitrogen and oxygen atoms in total. The van der Waals surface area contributed by atoms with E-state index in [1.54, 1.807) is 24.0 Å². The number of nitrogens with zero attached hydrogens (tertiary/aromatic N) is 6. The van der Waals surface area contributed by atoms with E-state index in [4.69, 9.17) is 4.74 Å². The van der Waals surface area contributed by atoms with Crippen molar-refractivity contribution in [3.63, 3.8) is 0 Å². The average molecular weight is 313 g/mol. The molecule has 1 N–H and O–H groups in total. The van der Waals surface area contributed by atoms with Crippen molar-refractivity contribution in [2.45, 2.75) is 6.54 Å². The molecular formula is C15H19N7O. The summed E-state index contributed by atoms with van der Waals surface area (Å²) in [6.07, 6.45) is 3.39. The zero-order valence-corrected chi connectivity index (χ0v) is 13.2. The SMILES string of the molecule is COc1ccc(CN(C)CCNc2nccn3nnnc23)cc1. The maximum Gasteiger partial charge on any atom is 0.221 e. The first-order chi connectivity index (χ1) is 11.3. The monoisotopic (exact) mass is 313 g/mol. The van der Waals surface area contributed by atoms with Crippen molar-refractivity contribution in [3.8, 4) is 5.75 Å². The number of aromatic nitrogens is 5. The lowest BCUT2D eigenvalue weighted by Crippen LogP contribution is -2.25. The third kappa shape index (κ3) is 3.72. The molecule has 1 aromatic carbocycles. The lowest BCUT2D eigenvalue weighted by molar-refractivity contribution is 0.339. The molecule has 0 aliphatic carbocycles. The largest absolute Gasteiger partial charge is 0.497 e. The van der Waals surface area contributed by atoms with Gasteiger partial charge in [-0.05, 0) is 35.2 Å². The summed E-state index contributed by atoms with van der Waals surface area (Å²) >= 11 is 0. The van der Waals surface area contributed by atoms with E-state index in [0.29, 0.717) is 11.5 Å². The van der Waals surface area contributed by atoms with E-state index in [1.165, 1.54) is 5.56 Å². The summed E-state index contributed by atoms with van der Waals surface area (Å²) in [6.45, 7) is 2.50. The number of methoxy groups -OCH3 is 1. The predicted octanol–water partition coefficient (Wildman–Crippen LogP) is 1.07. The molecule has 3 rings (SSSR count). The van der Waals surface area contributed by atoms with Crippen LogP contribution in [-0.4, -0.2) is 57.2 Å². The number of hydrogen-bond donors (Lipinski definition) is 1. The number of rotatable bonds is 7. The molecule has 0 atom stereocenters. The molecule has 2 aromatic heterocycles. The highest BCUT2D eigenvalue weighted by atomic mass is 16.5. The molecule has 3 aromatic rings. The summed E-state index contributed by atoms with van der Waals surface area (Å²) in [5, 5.41) is 14.7. The summed E-state index contributed by atoms with van der Waals surface area (Å²) in [6, 6.07) is 8.11. The van der Waals surface area contributed by atoms with Gasteiger partial charge in [-0.2, -0.15) is 4.52 Å². The maximum absolute atomic E-state index is 5.17. The van der Waals surface area contributed by atoms with E-state index in [9.17, 15) is 0 Å². The second kappa shape index (κ2) is 7.01. The van der Waals surface area contributed by atoms with Gasteiger partial charge in [-0.1, -0.05) is 12.1 Å². The summed E-state index contributed by atoms with van der Waals surface area (Å²) in [4.78, 5) is 6.51. The molecule has 0 radical (unpaired) electrons. The Kier molecular flexibility index (Phi) is 4.62. The van der Waals surface area contributed by atoms with E-state index in [-0.39, 0.29) is 0 Å². The van der Waals surface area contributed by atoms with Gasteiger partial charge in [0.1, 0.15) is 5.75 Å². The molecule has 8 heteroatoms. The molecule has 2 heterocycles. The van der Waals surface area contributed by atoms with Gasteiger partial charge in [-0.3, -0.25) is 0 Å². The van der Waals surface area contributed by atoms with Crippen LogP contribution in [0.2, 0.25) is 0 Å². The Morgan fingerprint density at radius 1 is 1.26 bits per heavy atom. The topological polar surface area (TPSA) is 80.5 Å². The Hall–Kier alpha value is -2.74. The highest BCUT2D eigenvalue weighted by Gasteiger charge is 2.06. The van der Waals surface area contributed by atoms with Crippen LogP contribution in [0.1, 0.15) is 5.56 Å². The van der Waals surface area contributed by atoms with Crippen LogP contribution < -0.4 is 10.1 Å². The lowest BCUT2D eigenvalue weighted by atomic mass is 10.2. The van der Waals surface area contributed by atoms with Gasteiger partial charge in [0.25, 0.3) is 0 Å². The summed E-state index contributed by atoms with van der Waals surface area (Å²) in [5.41, 5.74) is 1.88. The Morgan fingerprint density at radius 2 is 2.09 bits per heavy atom. The van der Waals surface area contributed by atoms with Gasteiger partial charge in [-0.25, -0.2) is 4.98 Å². The fourth-order valence-electron chi connectivity index (χ4n) is 2.29. The molecule has 0 unspecified atom stereocenters. The van der Waals surface area contributed by atoms with Gasteiger partial charge < -0.3 is 15.0 Å². The van der Waals surface area contributed by atoms with E-state index in [0.717, 1.165) is 25.4 Å². The van der Waals surface area contributed by atoms with E-state index < -0.39 is 0 Å². The Morgan fingerprint density at radius 3 is 2.87 bits per heavy atom. The van der Waals surface area contributed by atoms with Crippen LogP contribution in [0.5, 0.6) is 5.75 Å². The number of benzene rings is 1. The van der Waals surface area contributed by atoms with E-state index >= 15 is 0 Å². The Bertz CT molecular complexity index is 756. The molecule has 0 spiro atoms. The first-order valence-corrected chi connectivity index (χ1v) is 7.34. The van der Waals surface area contributed by atoms with Crippen molar-refractivity contribution >= 4 is 11.5 Å². The smallest absolute Gasteiger partial charge is 0.221 e. The molecule has 0 amide bonds. The van der Waals surface area contributed by atoms with Crippen LogP contribution in [0.25, 0.3) is 5.65 Å². The minimum atomic E-state index is 0.630. The molecule has 120 valence electrons. The number of hydrogen-bond acceptors (Lipinski definition) is 7. The van der Waals surface area contributed by atoms with Crippen LogP contribution in [0.3, 0.4) is 0 Å². The van der Waals surface area contributed by atoms with Crippen molar-refractivity contribution in [1.82, 2.24) is 29.9 Å². The average Bonchev–Trinajstić information content (AvgIpc) is 3.05. The lowest BCUT2D eigenvalue weighted by Gasteiger charge is -2.17. The maximum atomic E-state index is 5.17. The third-order valence-electron chi connectivity index (χ3n) is 3.51. The second-order valence-corrected chi connectivity index (χ2v) is 5.24. The van der Waals surface area contributed by atoms with Crippen molar-refractivity contribution in [2.75, 3.05) is 32.6 Å². The molecule has 0 aliphatic heterocycles. The molecule has 23 heavy (non-hydrogen) atoms. The van der Waals surface area contributed by atoms with Crippen LogP contribution in [0.15, 0.2) is 36.7 Å². The van der Waals surface area contributed by atoms with Gasteiger partial charge in [0, 0.05) is 25.8 Å². The van der Waals surface area contributed by atoms with Crippen LogP contribution in [0.4, 0.5) is 5.82 Å². The number of anilines is 1. The molecule has 0 saturated heterocycles. The number of ether oxygens (including phenoxy) is 1. The second-order valence-electron chi connectivity index (χ2n) is 5.24. The molecule has 0 fully saturated rings. The number of fused-ring (bicyclic) bond motifs is 1. The Labute approximate surface area is 134 Å². The highest BCUT2D eigenvalue weighted by Crippen LogP contribution is 2.12. The number of tetrazole rings is 1. The first-order valence-electron chi connectivity index (χ1n) is 7.34. The van der Waals surface area contributed by atoms with Gasteiger partial charge in [0.05, 0.1) is 13.3 Å². The van der Waals surface area contributed by atoms with E-state index in [1.807, 2.05) is 12.1 Å². The standard InChI is InChI=1S/C15H19N7O/c1-21(11-12-3-5-13(23-2)6-4-12)9-7-16-14-15-18-19-20-22(15)10-8-17-14/h3-6,8,10H,7,9,11H2,1-2H3,(H,16,17). The summed E-state index contributed by atoms with van der Waals surface area (Å²) in [5.74, 6) is 1.56. The fourth-order valence-corrected chi connectivity index (χ4v) is 2.29. The third-order valence-corrected chi connectivity index (χ3v) is 3.51. The summed E-state index contributed by atoms with van der Waals surface area (Å²) < 4.78 is 6.76.